The molecule has 21 heavy (non-hydrogen) atoms. The number of hydrogen-bond acceptors (Lipinski definition) is 7. The first kappa shape index (κ1) is 16.4. The highest BCUT2D eigenvalue weighted by atomic mass is 16.5. The summed E-state index contributed by atoms with van der Waals surface area (Å²) >= 11 is 0. The standard InChI is InChI=1S/C11H16N4O6/c1-20-7-5-8(21-2)14-10(13-7)15-11(19)12-4-3-6(16)9(17)18/h5-6,16H,3-4H2,1-2H3,(H,17,18)(H2,12,13,14,15,19). The van der Waals surface area contributed by atoms with E-state index < -0.39 is 18.1 Å². The second-order valence-corrected chi connectivity index (χ2v) is 3.80. The molecule has 10 nitrogen and oxygen atoms in total. The topological polar surface area (TPSA) is 143 Å². The number of aliphatic carboxylic acids is 1. The Morgan fingerprint density at radius 3 is 2.33 bits per heavy atom. The van der Waals surface area contributed by atoms with E-state index in [-0.39, 0.29) is 30.7 Å². The molecule has 0 spiro atoms. The summed E-state index contributed by atoms with van der Waals surface area (Å²) in [6.07, 6.45) is -1.65. The first-order chi connectivity index (χ1) is 9.96. The Hall–Kier alpha value is -2.62. The lowest BCUT2D eigenvalue weighted by atomic mass is 10.2. The third-order valence-electron chi connectivity index (χ3n) is 2.31. The molecule has 1 atom stereocenters. The molecule has 0 fully saturated rings. The molecule has 0 bridgehead atoms. The van der Waals surface area contributed by atoms with Gasteiger partial charge in [-0.2, -0.15) is 9.97 Å². The second-order valence-electron chi connectivity index (χ2n) is 3.80. The Morgan fingerprint density at radius 2 is 1.86 bits per heavy atom. The Morgan fingerprint density at radius 1 is 1.29 bits per heavy atom. The van der Waals surface area contributed by atoms with Gasteiger partial charge in [0.15, 0.2) is 6.10 Å². The number of aliphatic hydroxyl groups is 1. The Kier molecular flexibility index (Phi) is 6.14. The van der Waals surface area contributed by atoms with Crippen LogP contribution in [0.4, 0.5) is 10.7 Å². The van der Waals surface area contributed by atoms with Crippen LogP contribution in [-0.4, -0.2) is 59.0 Å². The molecule has 0 saturated heterocycles. The van der Waals surface area contributed by atoms with Crippen LogP contribution >= 0.6 is 0 Å². The van der Waals surface area contributed by atoms with Gasteiger partial charge in [0.1, 0.15) is 0 Å². The van der Waals surface area contributed by atoms with Crippen LogP contribution in [0.5, 0.6) is 11.8 Å². The summed E-state index contributed by atoms with van der Waals surface area (Å²) < 4.78 is 9.83. The van der Waals surface area contributed by atoms with E-state index in [1.165, 1.54) is 20.3 Å². The lowest BCUT2D eigenvalue weighted by molar-refractivity contribution is -0.146. The monoisotopic (exact) mass is 300 g/mol. The molecule has 0 saturated carbocycles. The number of carboxylic acids is 1. The zero-order valence-electron chi connectivity index (χ0n) is 11.5. The van der Waals surface area contributed by atoms with Crippen LogP contribution in [-0.2, 0) is 4.79 Å². The molecule has 4 N–H and O–H groups in total. The molecule has 0 aliphatic heterocycles. The summed E-state index contributed by atoms with van der Waals surface area (Å²) in [7, 11) is 2.80. The molecular formula is C11H16N4O6. The minimum Gasteiger partial charge on any atom is -0.481 e. The number of anilines is 1. The van der Waals surface area contributed by atoms with Crippen LogP contribution < -0.4 is 20.1 Å². The van der Waals surface area contributed by atoms with Gasteiger partial charge in [0.25, 0.3) is 0 Å². The zero-order chi connectivity index (χ0) is 15.8. The fourth-order valence-electron chi connectivity index (χ4n) is 1.26. The summed E-state index contributed by atoms with van der Waals surface area (Å²) in [5.41, 5.74) is 0. The summed E-state index contributed by atoms with van der Waals surface area (Å²) in [6.45, 7) is -0.0274. The van der Waals surface area contributed by atoms with E-state index in [0.717, 1.165) is 0 Å². The molecule has 1 aromatic heterocycles. The van der Waals surface area contributed by atoms with E-state index in [0.29, 0.717) is 0 Å². The van der Waals surface area contributed by atoms with Gasteiger partial charge in [0, 0.05) is 13.0 Å². The minimum atomic E-state index is -1.53. The maximum atomic E-state index is 11.6. The lowest BCUT2D eigenvalue weighted by Crippen LogP contribution is -2.33. The van der Waals surface area contributed by atoms with E-state index >= 15 is 0 Å². The van der Waals surface area contributed by atoms with Gasteiger partial charge in [0.2, 0.25) is 17.7 Å². The van der Waals surface area contributed by atoms with E-state index in [9.17, 15) is 9.59 Å². The smallest absolute Gasteiger partial charge is 0.332 e. The molecule has 10 heteroatoms. The average Bonchev–Trinajstić information content (AvgIpc) is 2.46. The van der Waals surface area contributed by atoms with Gasteiger partial charge in [-0.05, 0) is 0 Å². The largest absolute Gasteiger partial charge is 0.481 e. The van der Waals surface area contributed by atoms with Crippen molar-refractivity contribution >= 4 is 17.9 Å². The third-order valence-corrected chi connectivity index (χ3v) is 2.31. The van der Waals surface area contributed by atoms with Crippen molar-refractivity contribution in [3.63, 3.8) is 0 Å². The highest BCUT2D eigenvalue weighted by molar-refractivity contribution is 5.87. The minimum absolute atomic E-state index is 0.0274. The summed E-state index contributed by atoms with van der Waals surface area (Å²) in [4.78, 5) is 29.7. The van der Waals surface area contributed by atoms with Crippen molar-refractivity contribution < 1.29 is 29.3 Å². The van der Waals surface area contributed by atoms with Crippen LogP contribution in [0.15, 0.2) is 6.07 Å². The molecule has 2 amide bonds. The van der Waals surface area contributed by atoms with Crippen molar-refractivity contribution in [1.82, 2.24) is 15.3 Å². The molecule has 1 aromatic rings. The van der Waals surface area contributed by atoms with Crippen LogP contribution in [0.25, 0.3) is 0 Å². The third kappa shape index (κ3) is 5.48. The Labute approximate surface area is 120 Å². The number of carboxylic acid groups (broad SMARTS) is 1. The Balaban J connectivity index is 2.52. The summed E-state index contributed by atoms with van der Waals surface area (Å²) in [5.74, 6) is -0.975. The average molecular weight is 300 g/mol. The van der Waals surface area contributed by atoms with Gasteiger partial charge in [-0.25, -0.2) is 9.59 Å². The molecule has 0 aliphatic rings. The number of nitrogens with zero attached hydrogens (tertiary/aromatic N) is 2. The van der Waals surface area contributed by atoms with Gasteiger partial charge in [0.05, 0.1) is 20.3 Å². The normalized spacial score (nSPS) is 11.4. The van der Waals surface area contributed by atoms with Crippen LogP contribution in [0.3, 0.4) is 0 Å². The predicted octanol–water partition coefficient (Wildman–Crippen LogP) is -0.549. The van der Waals surface area contributed by atoms with E-state index in [1.807, 2.05) is 0 Å². The van der Waals surface area contributed by atoms with Gasteiger partial charge in [-0.1, -0.05) is 0 Å². The number of amides is 2. The quantitative estimate of drug-likeness (QED) is 0.525. The number of rotatable bonds is 7. The van der Waals surface area contributed by atoms with Crippen molar-refractivity contribution in [2.24, 2.45) is 0 Å². The molecule has 0 radical (unpaired) electrons. The van der Waals surface area contributed by atoms with Gasteiger partial charge in [-0.3, -0.25) is 5.32 Å². The van der Waals surface area contributed by atoms with Crippen LogP contribution in [0.2, 0.25) is 0 Å². The lowest BCUT2D eigenvalue weighted by Gasteiger charge is -2.09. The van der Waals surface area contributed by atoms with Crippen LogP contribution in [0.1, 0.15) is 6.42 Å². The molecule has 1 rings (SSSR count). The zero-order valence-corrected chi connectivity index (χ0v) is 11.5. The second kappa shape index (κ2) is 7.85. The fraction of sp³-hybridized carbons (Fsp3) is 0.455. The number of carbonyl (C=O) groups is 2. The maximum absolute atomic E-state index is 11.6. The van der Waals surface area contributed by atoms with Crippen molar-refractivity contribution in [3.8, 4) is 11.8 Å². The van der Waals surface area contributed by atoms with Crippen LogP contribution in [0, 0.1) is 0 Å². The highest BCUT2D eigenvalue weighted by Gasteiger charge is 2.13. The van der Waals surface area contributed by atoms with E-state index in [1.54, 1.807) is 0 Å². The number of aromatic nitrogens is 2. The number of nitrogens with one attached hydrogen (secondary N) is 2. The molecule has 1 unspecified atom stereocenters. The number of urea groups is 1. The first-order valence-electron chi connectivity index (χ1n) is 5.89. The molecule has 1 heterocycles. The van der Waals surface area contributed by atoms with Crippen molar-refractivity contribution in [2.45, 2.75) is 12.5 Å². The molecule has 0 aromatic carbocycles. The first-order valence-corrected chi connectivity index (χ1v) is 5.89. The SMILES string of the molecule is COc1cc(OC)nc(NC(=O)NCCC(O)C(=O)O)n1. The highest BCUT2D eigenvalue weighted by Crippen LogP contribution is 2.16. The van der Waals surface area contributed by atoms with Gasteiger partial charge >= 0.3 is 12.0 Å². The number of ether oxygens (including phenoxy) is 2. The van der Waals surface area contributed by atoms with Crippen molar-refractivity contribution in [1.29, 1.82) is 0 Å². The fourth-order valence-corrected chi connectivity index (χ4v) is 1.26. The van der Waals surface area contributed by atoms with E-state index in [2.05, 4.69) is 20.6 Å². The van der Waals surface area contributed by atoms with Gasteiger partial charge in [-0.15, -0.1) is 0 Å². The number of hydrogen-bond donors (Lipinski definition) is 4. The van der Waals surface area contributed by atoms with E-state index in [4.69, 9.17) is 19.7 Å². The molecule has 0 aliphatic carbocycles. The molecule has 116 valence electrons. The van der Waals surface area contributed by atoms with Gasteiger partial charge < -0.3 is 25.0 Å². The summed E-state index contributed by atoms with van der Waals surface area (Å²) in [5, 5.41) is 22.2. The Bertz CT molecular complexity index is 487. The predicted molar refractivity (Wildman–Crippen MR) is 70.4 cm³/mol. The molecular weight excluding hydrogens is 284 g/mol. The summed E-state index contributed by atoms with van der Waals surface area (Å²) in [6, 6.07) is 0.787. The number of methoxy groups -OCH3 is 2. The number of carbonyl (C=O) groups excluding carboxylic acids is 1. The number of aliphatic hydroxyl groups excluding tert-OH is 1. The van der Waals surface area contributed by atoms with Crippen molar-refractivity contribution in [2.75, 3.05) is 26.1 Å². The maximum Gasteiger partial charge on any atom is 0.332 e. The van der Waals surface area contributed by atoms with Crippen molar-refractivity contribution in [3.05, 3.63) is 6.07 Å².